The van der Waals surface area contributed by atoms with E-state index in [1.54, 1.807) is 4.90 Å². The van der Waals surface area contributed by atoms with Crippen LogP contribution in [0.1, 0.15) is 38.2 Å². The third kappa shape index (κ3) is 6.93. The van der Waals surface area contributed by atoms with E-state index in [0.29, 0.717) is 34.5 Å². The molecule has 0 spiro atoms. The molecule has 2 aliphatic heterocycles. The number of carbonyl (C=O) groups is 3. The Labute approximate surface area is 211 Å². The maximum Gasteiger partial charge on any atom is 0.303 e. The van der Waals surface area contributed by atoms with E-state index in [1.165, 1.54) is 0 Å². The number of aliphatic carboxylic acids is 1. The highest BCUT2D eigenvalue weighted by Gasteiger charge is 2.31. The number of nitrogens with zero attached hydrogens (tertiary/aromatic N) is 3. The van der Waals surface area contributed by atoms with Gasteiger partial charge in [-0.15, -0.1) is 0 Å². The van der Waals surface area contributed by atoms with Gasteiger partial charge < -0.3 is 20.0 Å². The second-order valence-corrected chi connectivity index (χ2v) is 10.6. The van der Waals surface area contributed by atoms with Crippen LogP contribution in [0.2, 0.25) is 0 Å². The van der Waals surface area contributed by atoms with Crippen molar-refractivity contribution in [1.82, 2.24) is 14.7 Å². The lowest BCUT2D eigenvalue weighted by atomic mass is 9.97. The predicted octanol–water partition coefficient (Wildman–Crippen LogP) is 3.10. The van der Waals surface area contributed by atoms with Crippen LogP contribution in [0.5, 0.6) is 5.75 Å². The molecule has 0 aliphatic carbocycles. The number of carbonyl (C=O) groups excluding carboxylic acids is 2. The van der Waals surface area contributed by atoms with Crippen LogP contribution in [0.15, 0.2) is 21.1 Å². The number of piperazine rings is 1. The number of phenols is 1. The molecule has 0 unspecified atom stereocenters. The Morgan fingerprint density at radius 3 is 2.09 bits per heavy atom. The molecule has 3 rings (SSSR count). The van der Waals surface area contributed by atoms with Crippen LogP contribution in [0.25, 0.3) is 0 Å². The molecule has 1 atom stereocenters. The van der Waals surface area contributed by atoms with Crippen LogP contribution in [-0.2, 0) is 20.8 Å². The van der Waals surface area contributed by atoms with E-state index in [-0.39, 0.29) is 36.3 Å². The Bertz CT molecular complexity index is 858. The summed E-state index contributed by atoms with van der Waals surface area (Å²) in [7, 11) is 0. The second kappa shape index (κ2) is 11.7. The molecule has 1 aromatic rings. The number of likely N-dealkylation sites (tertiary alicyclic amines) is 1. The van der Waals surface area contributed by atoms with Gasteiger partial charge in [0.25, 0.3) is 0 Å². The molecule has 8 nitrogen and oxygen atoms in total. The molecule has 2 N–H and O–H groups in total. The van der Waals surface area contributed by atoms with Crippen molar-refractivity contribution in [3.05, 3.63) is 26.6 Å². The van der Waals surface area contributed by atoms with Gasteiger partial charge >= 0.3 is 5.97 Å². The molecular formula is C23H31Br2N3O5. The zero-order valence-electron chi connectivity index (χ0n) is 18.8. The van der Waals surface area contributed by atoms with Crippen LogP contribution in [0.4, 0.5) is 0 Å². The van der Waals surface area contributed by atoms with Gasteiger partial charge in [-0.3, -0.25) is 19.3 Å². The first-order chi connectivity index (χ1) is 15.7. The van der Waals surface area contributed by atoms with Crippen molar-refractivity contribution in [2.24, 2.45) is 5.92 Å². The molecule has 1 aromatic carbocycles. The van der Waals surface area contributed by atoms with Gasteiger partial charge in [0.2, 0.25) is 11.8 Å². The van der Waals surface area contributed by atoms with E-state index in [4.69, 9.17) is 5.11 Å². The minimum Gasteiger partial charge on any atom is -0.506 e. The standard InChI is InChI=1S/C23H31Br2N3O5/c1-15(12-16-13-18(24)22(32)19(25)14-16)23(33)28-6-4-17(5-7-28)26-8-10-27(11-9-26)20(29)2-3-21(30)31/h13-15,17,32H,2-12H2,1H3,(H,30,31)/t15-/m1/s1. The number of benzene rings is 1. The van der Waals surface area contributed by atoms with E-state index in [1.807, 2.05) is 24.0 Å². The topological polar surface area (TPSA) is 101 Å². The van der Waals surface area contributed by atoms with E-state index in [0.717, 1.165) is 44.6 Å². The van der Waals surface area contributed by atoms with Gasteiger partial charge in [-0.25, -0.2) is 0 Å². The average molecular weight is 589 g/mol. The number of halogens is 2. The Morgan fingerprint density at radius 2 is 1.55 bits per heavy atom. The number of rotatable bonds is 7. The van der Waals surface area contributed by atoms with Gasteiger partial charge in [-0.05, 0) is 68.8 Å². The molecule has 2 saturated heterocycles. The molecule has 2 amide bonds. The molecule has 10 heteroatoms. The fourth-order valence-electron chi connectivity index (χ4n) is 4.65. The van der Waals surface area contributed by atoms with Gasteiger partial charge in [0.1, 0.15) is 5.75 Å². The summed E-state index contributed by atoms with van der Waals surface area (Å²) in [4.78, 5) is 41.9. The normalized spacial score (nSPS) is 18.9. The maximum absolute atomic E-state index is 13.0. The van der Waals surface area contributed by atoms with E-state index >= 15 is 0 Å². The lowest BCUT2D eigenvalue weighted by Gasteiger charge is -2.43. The second-order valence-electron chi connectivity index (χ2n) is 8.88. The largest absolute Gasteiger partial charge is 0.506 e. The number of aromatic hydroxyl groups is 1. The van der Waals surface area contributed by atoms with E-state index < -0.39 is 5.97 Å². The summed E-state index contributed by atoms with van der Waals surface area (Å²) in [6, 6.07) is 4.11. The molecule has 0 saturated carbocycles. The van der Waals surface area contributed by atoms with Crippen molar-refractivity contribution in [3.8, 4) is 5.75 Å². The lowest BCUT2D eigenvalue weighted by Crippen LogP contribution is -2.55. The van der Waals surface area contributed by atoms with Gasteiger partial charge in [0.05, 0.1) is 15.4 Å². The molecule has 0 bridgehead atoms. The first kappa shape index (κ1) is 26.0. The summed E-state index contributed by atoms with van der Waals surface area (Å²) in [5, 5.41) is 18.6. The summed E-state index contributed by atoms with van der Waals surface area (Å²) in [5.74, 6) is -0.862. The predicted molar refractivity (Wildman–Crippen MR) is 131 cm³/mol. The minimum absolute atomic E-state index is 0.0616. The van der Waals surface area contributed by atoms with Crippen LogP contribution >= 0.6 is 31.9 Å². The first-order valence-electron chi connectivity index (χ1n) is 11.3. The molecule has 2 aliphatic rings. The Kier molecular flexibility index (Phi) is 9.17. The average Bonchev–Trinajstić information content (AvgIpc) is 2.80. The molecule has 2 fully saturated rings. The summed E-state index contributed by atoms with van der Waals surface area (Å²) in [6.45, 7) is 6.25. The number of piperidine rings is 1. The highest BCUT2D eigenvalue weighted by molar-refractivity contribution is 9.11. The van der Waals surface area contributed by atoms with Crippen molar-refractivity contribution < 1.29 is 24.6 Å². The quantitative estimate of drug-likeness (QED) is 0.508. The van der Waals surface area contributed by atoms with Crippen LogP contribution < -0.4 is 0 Å². The first-order valence-corrected chi connectivity index (χ1v) is 12.9. The number of phenolic OH excluding ortho intramolecular Hbond substituents is 1. The molecular weight excluding hydrogens is 558 g/mol. The molecule has 0 aromatic heterocycles. The highest BCUT2D eigenvalue weighted by atomic mass is 79.9. The zero-order valence-corrected chi connectivity index (χ0v) is 22.0. The van der Waals surface area contributed by atoms with Crippen molar-refractivity contribution in [3.63, 3.8) is 0 Å². The fourth-order valence-corrected chi connectivity index (χ4v) is 5.93. The minimum atomic E-state index is -0.943. The summed E-state index contributed by atoms with van der Waals surface area (Å²) in [5.41, 5.74) is 0.984. The van der Waals surface area contributed by atoms with Crippen molar-refractivity contribution in [2.45, 2.75) is 45.1 Å². The molecule has 182 valence electrons. The molecule has 2 heterocycles. The van der Waals surface area contributed by atoms with Crippen molar-refractivity contribution >= 4 is 49.6 Å². The SMILES string of the molecule is C[C@H](Cc1cc(Br)c(O)c(Br)c1)C(=O)N1CCC(N2CCN(C(=O)CCC(=O)O)CC2)CC1. The van der Waals surface area contributed by atoms with Crippen LogP contribution in [-0.4, -0.2) is 88.0 Å². The summed E-state index contributed by atoms with van der Waals surface area (Å²) in [6.07, 6.45) is 2.38. The van der Waals surface area contributed by atoms with Gasteiger partial charge in [0, 0.05) is 57.6 Å². The Balaban J connectivity index is 1.43. The Hall–Kier alpha value is -1.65. The summed E-state index contributed by atoms with van der Waals surface area (Å²) >= 11 is 6.69. The smallest absolute Gasteiger partial charge is 0.303 e. The number of hydrogen-bond acceptors (Lipinski definition) is 5. The number of amides is 2. The Morgan fingerprint density at radius 1 is 0.970 bits per heavy atom. The summed E-state index contributed by atoms with van der Waals surface area (Å²) < 4.78 is 1.21. The van der Waals surface area contributed by atoms with Gasteiger partial charge in [-0.1, -0.05) is 6.92 Å². The monoisotopic (exact) mass is 587 g/mol. The van der Waals surface area contributed by atoms with Gasteiger partial charge in [-0.2, -0.15) is 0 Å². The third-order valence-electron chi connectivity index (χ3n) is 6.55. The third-order valence-corrected chi connectivity index (χ3v) is 7.76. The fraction of sp³-hybridized carbons (Fsp3) is 0.609. The van der Waals surface area contributed by atoms with Crippen molar-refractivity contribution in [1.29, 1.82) is 0 Å². The zero-order chi connectivity index (χ0) is 24.1. The molecule has 0 radical (unpaired) electrons. The lowest BCUT2D eigenvalue weighted by molar-refractivity contribution is -0.141. The number of carboxylic acids is 1. The highest BCUT2D eigenvalue weighted by Crippen LogP contribution is 2.34. The van der Waals surface area contributed by atoms with Crippen LogP contribution in [0.3, 0.4) is 0 Å². The number of carboxylic acid groups (broad SMARTS) is 1. The van der Waals surface area contributed by atoms with Gasteiger partial charge in [0.15, 0.2) is 0 Å². The van der Waals surface area contributed by atoms with Crippen LogP contribution in [0, 0.1) is 5.92 Å². The maximum atomic E-state index is 13.0. The number of hydrogen-bond donors (Lipinski definition) is 2. The van der Waals surface area contributed by atoms with Crippen molar-refractivity contribution in [2.75, 3.05) is 39.3 Å². The molecule has 33 heavy (non-hydrogen) atoms. The van der Waals surface area contributed by atoms with E-state index in [9.17, 15) is 19.5 Å². The van der Waals surface area contributed by atoms with E-state index in [2.05, 4.69) is 36.8 Å².